The molecule has 0 aliphatic heterocycles. The lowest BCUT2D eigenvalue weighted by Crippen LogP contribution is -2.21. The fourth-order valence-corrected chi connectivity index (χ4v) is 4.18. The zero-order valence-electron chi connectivity index (χ0n) is 15.3. The van der Waals surface area contributed by atoms with Crippen LogP contribution < -0.4 is 10.9 Å². The molecule has 0 unspecified atom stereocenters. The fourth-order valence-electron chi connectivity index (χ4n) is 3.36. The number of hydrogen-bond acceptors (Lipinski definition) is 6. The average Bonchev–Trinajstić information content (AvgIpc) is 3.36. The van der Waals surface area contributed by atoms with Crippen molar-refractivity contribution in [1.82, 2.24) is 20.2 Å². The van der Waals surface area contributed by atoms with Crippen LogP contribution in [-0.4, -0.2) is 25.8 Å². The SMILES string of the molecule is O=C(O)c1cccc(-n2cc3c(n2)CCC=C3NNc2nc3ccccc3s2)c1. The van der Waals surface area contributed by atoms with Gasteiger partial charge in [-0.3, -0.25) is 10.9 Å². The predicted molar refractivity (Wildman–Crippen MR) is 113 cm³/mol. The molecule has 144 valence electrons. The van der Waals surface area contributed by atoms with E-state index in [1.54, 1.807) is 34.2 Å². The van der Waals surface area contributed by atoms with Crippen molar-refractivity contribution in [1.29, 1.82) is 0 Å². The number of anilines is 1. The molecule has 0 fully saturated rings. The van der Waals surface area contributed by atoms with Gasteiger partial charge in [0.1, 0.15) is 0 Å². The summed E-state index contributed by atoms with van der Waals surface area (Å²) < 4.78 is 2.86. The summed E-state index contributed by atoms with van der Waals surface area (Å²) in [6, 6.07) is 14.8. The van der Waals surface area contributed by atoms with Crippen LogP contribution in [0.1, 0.15) is 28.0 Å². The van der Waals surface area contributed by atoms with E-state index in [1.165, 1.54) is 0 Å². The molecule has 1 aliphatic rings. The molecule has 0 bridgehead atoms. The number of aryl methyl sites for hydroxylation is 1. The van der Waals surface area contributed by atoms with Crippen molar-refractivity contribution in [3.05, 3.63) is 77.6 Å². The number of rotatable bonds is 5. The molecule has 0 saturated heterocycles. The molecule has 0 radical (unpaired) electrons. The largest absolute Gasteiger partial charge is 0.478 e. The molecule has 0 amide bonds. The zero-order valence-corrected chi connectivity index (χ0v) is 16.1. The van der Waals surface area contributed by atoms with Crippen molar-refractivity contribution in [3.63, 3.8) is 0 Å². The lowest BCUT2D eigenvalue weighted by atomic mass is 10.0. The number of benzene rings is 2. The Hall–Kier alpha value is -3.65. The summed E-state index contributed by atoms with van der Waals surface area (Å²) in [7, 11) is 0. The van der Waals surface area contributed by atoms with Crippen LogP contribution in [0.4, 0.5) is 5.13 Å². The van der Waals surface area contributed by atoms with Crippen LogP contribution >= 0.6 is 11.3 Å². The molecule has 2 aromatic heterocycles. The van der Waals surface area contributed by atoms with Gasteiger partial charge in [0, 0.05) is 11.8 Å². The second kappa shape index (κ2) is 7.06. The first-order valence-electron chi connectivity index (χ1n) is 9.18. The van der Waals surface area contributed by atoms with Crippen LogP contribution in [0, 0.1) is 0 Å². The van der Waals surface area contributed by atoms with Gasteiger partial charge in [-0.05, 0) is 43.2 Å². The Labute approximate surface area is 170 Å². The smallest absolute Gasteiger partial charge is 0.335 e. The van der Waals surface area contributed by atoms with Gasteiger partial charge in [-0.2, -0.15) is 5.10 Å². The third-order valence-corrected chi connectivity index (χ3v) is 5.72. The van der Waals surface area contributed by atoms with Crippen LogP contribution in [0.25, 0.3) is 21.6 Å². The van der Waals surface area contributed by atoms with E-state index in [0.29, 0.717) is 0 Å². The van der Waals surface area contributed by atoms with E-state index in [1.807, 2.05) is 36.5 Å². The number of nitrogens with zero attached hydrogens (tertiary/aromatic N) is 3. The second-order valence-electron chi connectivity index (χ2n) is 6.68. The highest BCUT2D eigenvalue weighted by Gasteiger charge is 2.18. The molecule has 4 aromatic rings. The van der Waals surface area contributed by atoms with Crippen LogP contribution in [0.15, 0.2) is 60.8 Å². The maximum absolute atomic E-state index is 11.3. The predicted octanol–water partition coefficient (Wildman–Crippen LogP) is 4.08. The standard InChI is InChI=1S/C21H17N5O2S/c27-20(28)13-5-3-6-14(11-13)26-12-15-16(8-4-9-17(15)25-26)23-24-21-22-18-7-1-2-10-19(18)29-21/h1-3,5-8,10-12,23H,4,9H2,(H,22,24)(H,27,28). The Bertz CT molecular complexity index is 1220. The third kappa shape index (κ3) is 3.34. The Kier molecular flexibility index (Phi) is 4.25. The minimum absolute atomic E-state index is 0.238. The number of allylic oxidation sites excluding steroid dienone is 1. The number of para-hydroxylation sites is 1. The number of thiazole rings is 1. The van der Waals surface area contributed by atoms with E-state index in [2.05, 4.69) is 27.0 Å². The number of carboxylic acids is 1. The van der Waals surface area contributed by atoms with Gasteiger partial charge in [0.05, 0.1) is 32.9 Å². The first-order valence-corrected chi connectivity index (χ1v) is 9.99. The van der Waals surface area contributed by atoms with Crippen molar-refractivity contribution in [2.24, 2.45) is 0 Å². The molecule has 5 rings (SSSR count). The number of aromatic carboxylic acids is 1. The van der Waals surface area contributed by atoms with Gasteiger partial charge in [-0.1, -0.05) is 35.6 Å². The molecule has 8 heteroatoms. The lowest BCUT2D eigenvalue weighted by Gasteiger charge is -2.14. The number of nitrogens with one attached hydrogen (secondary N) is 2. The maximum Gasteiger partial charge on any atom is 0.335 e. The van der Waals surface area contributed by atoms with Gasteiger partial charge < -0.3 is 5.11 Å². The van der Waals surface area contributed by atoms with E-state index in [9.17, 15) is 9.90 Å². The first-order chi connectivity index (χ1) is 14.2. The van der Waals surface area contributed by atoms with Gasteiger partial charge in [-0.25, -0.2) is 14.5 Å². The lowest BCUT2D eigenvalue weighted by molar-refractivity contribution is 0.0697. The Morgan fingerprint density at radius 3 is 2.90 bits per heavy atom. The fraction of sp³-hybridized carbons (Fsp3) is 0.0952. The van der Waals surface area contributed by atoms with Gasteiger partial charge in [0.15, 0.2) is 0 Å². The number of carbonyl (C=O) groups is 1. The Balaban J connectivity index is 1.39. The minimum Gasteiger partial charge on any atom is -0.478 e. The quantitative estimate of drug-likeness (QED) is 0.435. The third-order valence-electron chi connectivity index (χ3n) is 4.77. The second-order valence-corrected chi connectivity index (χ2v) is 7.71. The number of fused-ring (bicyclic) bond motifs is 2. The Morgan fingerprint density at radius 2 is 2.03 bits per heavy atom. The number of aromatic nitrogens is 3. The van der Waals surface area contributed by atoms with Crippen LogP contribution in [0.2, 0.25) is 0 Å². The molecule has 0 spiro atoms. The molecular weight excluding hydrogens is 386 g/mol. The van der Waals surface area contributed by atoms with Crippen LogP contribution in [0.5, 0.6) is 0 Å². The first kappa shape index (κ1) is 17.4. The Morgan fingerprint density at radius 1 is 1.14 bits per heavy atom. The van der Waals surface area contributed by atoms with E-state index < -0.39 is 5.97 Å². The van der Waals surface area contributed by atoms with Crippen LogP contribution in [0.3, 0.4) is 0 Å². The molecule has 2 aromatic carbocycles. The number of carboxylic acid groups (broad SMARTS) is 1. The molecule has 2 heterocycles. The molecule has 29 heavy (non-hydrogen) atoms. The van der Waals surface area contributed by atoms with E-state index in [0.717, 1.165) is 50.8 Å². The van der Waals surface area contributed by atoms with E-state index in [-0.39, 0.29) is 5.56 Å². The molecule has 7 nitrogen and oxygen atoms in total. The normalized spacial score (nSPS) is 13.0. The summed E-state index contributed by atoms with van der Waals surface area (Å²) in [6.45, 7) is 0. The van der Waals surface area contributed by atoms with Gasteiger partial charge in [0.25, 0.3) is 0 Å². The van der Waals surface area contributed by atoms with Crippen molar-refractivity contribution in [3.8, 4) is 5.69 Å². The molecule has 0 saturated carbocycles. The summed E-state index contributed by atoms with van der Waals surface area (Å²) in [5.41, 5.74) is 11.3. The highest BCUT2D eigenvalue weighted by molar-refractivity contribution is 7.22. The molecule has 0 atom stereocenters. The summed E-state index contributed by atoms with van der Waals surface area (Å²) in [4.78, 5) is 15.8. The molecular formula is C21H17N5O2S. The number of hydrazine groups is 1. The summed E-state index contributed by atoms with van der Waals surface area (Å²) in [5, 5.41) is 14.7. The summed E-state index contributed by atoms with van der Waals surface area (Å²) in [6.07, 6.45) is 5.77. The highest BCUT2D eigenvalue weighted by Crippen LogP contribution is 2.28. The van der Waals surface area contributed by atoms with Crippen molar-refractivity contribution in [2.75, 3.05) is 5.43 Å². The van der Waals surface area contributed by atoms with E-state index >= 15 is 0 Å². The van der Waals surface area contributed by atoms with Gasteiger partial charge >= 0.3 is 5.97 Å². The summed E-state index contributed by atoms with van der Waals surface area (Å²) >= 11 is 1.59. The highest BCUT2D eigenvalue weighted by atomic mass is 32.1. The van der Waals surface area contributed by atoms with Gasteiger partial charge in [0.2, 0.25) is 5.13 Å². The average molecular weight is 403 g/mol. The molecule has 3 N–H and O–H groups in total. The topological polar surface area (TPSA) is 92.1 Å². The van der Waals surface area contributed by atoms with Crippen molar-refractivity contribution < 1.29 is 9.90 Å². The number of hydrogen-bond donors (Lipinski definition) is 3. The zero-order chi connectivity index (χ0) is 19.8. The summed E-state index contributed by atoms with van der Waals surface area (Å²) in [5.74, 6) is -0.953. The van der Waals surface area contributed by atoms with Crippen molar-refractivity contribution in [2.45, 2.75) is 12.8 Å². The monoisotopic (exact) mass is 403 g/mol. The molecule has 1 aliphatic carbocycles. The maximum atomic E-state index is 11.3. The van der Waals surface area contributed by atoms with Gasteiger partial charge in [-0.15, -0.1) is 0 Å². The minimum atomic E-state index is -0.953. The van der Waals surface area contributed by atoms with Crippen molar-refractivity contribution >= 4 is 38.4 Å². The van der Waals surface area contributed by atoms with E-state index in [4.69, 9.17) is 0 Å². The van der Waals surface area contributed by atoms with Crippen LogP contribution in [-0.2, 0) is 6.42 Å².